The topological polar surface area (TPSA) is 32.8 Å². The van der Waals surface area contributed by atoms with E-state index >= 15 is 0 Å². The summed E-state index contributed by atoms with van der Waals surface area (Å²) in [6, 6.07) is 0. The average Bonchev–Trinajstić information content (AvgIpc) is 2.68. The highest BCUT2D eigenvalue weighted by molar-refractivity contribution is 4.91. The van der Waals surface area contributed by atoms with Crippen molar-refractivity contribution in [1.29, 1.82) is 0 Å². The zero-order valence-corrected chi connectivity index (χ0v) is 6.05. The molecule has 10 heavy (non-hydrogen) atoms. The van der Waals surface area contributed by atoms with E-state index in [0.29, 0.717) is 18.1 Å². The lowest BCUT2D eigenvalue weighted by molar-refractivity contribution is 0.178. The highest BCUT2D eigenvalue weighted by atomic mass is 16.6. The number of aliphatic hydroxyl groups is 1. The van der Waals surface area contributed by atoms with E-state index in [9.17, 15) is 5.11 Å². The minimum atomic E-state index is 0.488. The van der Waals surface area contributed by atoms with Crippen molar-refractivity contribution in [3.8, 4) is 0 Å². The normalized spacial score (nSPS) is 41.7. The van der Waals surface area contributed by atoms with Gasteiger partial charge in [-0.3, -0.25) is 0 Å². The second-order valence-electron chi connectivity index (χ2n) is 3.29. The molecule has 1 radical (unpaired) electrons. The summed E-state index contributed by atoms with van der Waals surface area (Å²) in [5, 5.41) is 9.22. The average molecular weight is 141 g/mol. The Bertz CT molecular complexity index is 120. The van der Waals surface area contributed by atoms with Crippen LogP contribution in [0.5, 0.6) is 0 Å². The lowest BCUT2D eigenvalue weighted by atomic mass is 9.85. The van der Waals surface area contributed by atoms with Gasteiger partial charge in [-0.1, -0.05) is 6.42 Å². The first-order valence-electron chi connectivity index (χ1n) is 4.01. The van der Waals surface area contributed by atoms with Gasteiger partial charge in [0.15, 0.2) is 0 Å². The first kappa shape index (κ1) is 6.62. The monoisotopic (exact) mass is 141 g/mol. The van der Waals surface area contributed by atoms with Crippen LogP contribution in [0.3, 0.4) is 0 Å². The van der Waals surface area contributed by atoms with E-state index in [-0.39, 0.29) is 0 Å². The molecule has 1 N–H and O–H groups in total. The zero-order chi connectivity index (χ0) is 6.97. The summed E-state index contributed by atoms with van der Waals surface area (Å²) in [5.74, 6) is 0.633. The van der Waals surface area contributed by atoms with Gasteiger partial charge < -0.3 is 9.84 Å². The maximum Gasteiger partial charge on any atom is 0.0937 e. The molecule has 2 heteroatoms. The Labute approximate surface area is 61.2 Å². The molecule has 1 saturated heterocycles. The third kappa shape index (κ3) is 1.32. The van der Waals surface area contributed by atoms with Gasteiger partial charge in [-0.25, -0.2) is 0 Å². The molecule has 57 valence electrons. The van der Waals surface area contributed by atoms with Gasteiger partial charge in [0.1, 0.15) is 0 Å². The van der Waals surface area contributed by atoms with Crippen molar-refractivity contribution in [2.45, 2.75) is 31.8 Å². The van der Waals surface area contributed by atoms with Crippen LogP contribution >= 0.6 is 0 Å². The van der Waals surface area contributed by atoms with E-state index in [1.165, 1.54) is 6.42 Å². The Morgan fingerprint density at radius 3 is 2.90 bits per heavy atom. The predicted octanol–water partition coefficient (Wildman–Crippen LogP) is 1.48. The van der Waals surface area contributed by atoms with E-state index in [2.05, 4.69) is 0 Å². The van der Waals surface area contributed by atoms with Gasteiger partial charge in [-0.15, -0.1) is 0 Å². The highest BCUT2D eigenvalue weighted by Crippen LogP contribution is 2.36. The number of hydrogen-bond acceptors (Lipinski definition) is 2. The second kappa shape index (κ2) is 2.51. The van der Waals surface area contributed by atoms with E-state index in [0.717, 1.165) is 25.9 Å². The Kier molecular flexibility index (Phi) is 1.66. The van der Waals surface area contributed by atoms with E-state index in [4.69, 9.17) is 4.74 Å². The molecule has 0 aromatic heterocycles. The number of epoxide rings is 1. The van der Waals surface area contributed by atoms with Gasteiger partial charge in [0, 0.05) is 0 Å². The van der Waals surface area contributed by atoms with Gasteiger partial charge >= 0.3 is 0 Å². The quantitative estimate of drug-likeness (QED) is 0.561. The van der Waals surface area contributed by atoms with Gasteiger partial charge in [0.25, 0.3) is 0 Å². The molecule has 2 fully saturated rings. The van der Waals surface area contributed by atoms with Crippen LogP contribution in [0.2, 0.25) is 0 Å². The van der Waals surface area contributed by atoms with E-state index in [1.807, 2.05) is 0 Å². The summed E-state index contributed by atoms with van der Waals surface area (Å²) in [6.45, 7) is 0.929. The van der Waals surface area contributed by atoms with Crippen LogP contribution < -0.4 is 0 Å². The molecular formula is C8H13O2. The van der Waals surface area contributed by atoms with Crippen LogP contribution in [0.25, 0.3) is 0 Å². The first-order chi connectivity index (χ1) is 4.86. The molecule has 2 rings (SSSR count). The highest BCUT2D eigenvalue weighted by Gasteiger charge is 2.35. The summed E-state index contributed by atoms with van der Waals surface area (Å²) in [6.07, 6.45) is 5.38. The third-order valence-electron chi connectivity index (χ3n) is 2.42. The van der Waals surface area contributed by atoms with Crippen LogP contribution in [-0.2, 0) is 4.74 Å². The molecule has 2 atom stereocenters. The number of ether oxygens (including phenoxy) is 1. The second-order valence-corrected chi connectivity index (χ2v) is 3.29. The molecule has 1 aliphatic carbocycles. The van der Waals surface area contributed by atoms with Gasteiger partial charge in [-0.05, 0) is 25.2 Å². The number of rotatable bonds is 1. The fourth-order valence-electron chi connectivity index (χ4n) is 1.72. The molecule has 1 heterocycles. The Morgan fingerprint density at radius 2 is 2.30 bits per heavy atom. The number of hydrogen-bond donors (Lipinski definition) is 1. The maximum absolute atomic E-state index is 9.22. The fraction of sp³-hybridized carbons (Fsp3) is 0.875. The summed E-state index contributed by atoms with van der Waals surface area (Å²) in [5.41, 5.74) is 0. The lowest BCUT2D eigenvalue weighted by Gasteiger charge is -2.23. The predicted molar refractivity (Wildman–Crippen MR) is 36.9 cm³/mol. The van der Waals surface area contributed by atoms with Crippen LogP contribution in [0.15, 0.2) is 0 Å². The molecule has 1 aliphatic heterocycles. The van der Waals surface area contributed by atoms with Crippen LogP contribution in [0.1, 0.15) is 25.7 Å². The standard InChI is InChI=1S/C8H13O2/c9-7-3-1-2-6(4-7)8-5-10-8/h6,8-9H,1-5H2. The molecule has 2 aliphatic rings. The van der Waals surface area contributed by atoms with Crippen molar-refractivity contribution in [2.75, 3.05) is 6.61 Å². The smallest absolute Gasteiger partial charge is 0.0937 e. The van der Waals surface area contributed by atoms with E-state index in [1.54, 1.807) is 0 Å². The molecule has 2 nitrogen and oxygen atoms in total. The molecule has 0 spiro atoms. The van der Waals surface area contributed by atoms with Gasteiger partial charge in [0.2, 0.25) is 0 Å². The van der Waals surface area contributed by atoms with Crippen molar-refractivity contribution >= 4 is 0 Å². The summed E-state index contributed by atoms with van der Waals surface area (Å²) in [4.78, 5) is 0. The molecule has 0 bridgehead atoms. The maximum atomic E-state index is 9.22. The minimum Gasteiger partial charge on any atom is -0.387 e. The third-order valence-corrected chi connectivity index (χ3v) is 2.42. The van der Waals surface area contributed by atoms with Crippen LogP contribution in [0.4, 0.5) is 0 Å². The minimum absolute atomic E-state index is 0.488. The molecule has 0 aromatic rings. The largest absolute Gasteiger partial charge is 0.387 e. The van der Waals surface area contributed by atoms with Crippen molar-refractivity contribution < 1.29 is 9.84 Å². The first-order valence-corrected chi connectivity index (χ1v) is 4.01. The SMILES string of the molecule is O[C]1CCCC(C2CO2)C1. The molecule has 1 saturated carbocycles. The van der Waals surface area contributed by atoms with Gasteiger partial charge in [-0.2, -0.15) is 0 Å². The Hall–Kier alpha value is -0.0800. The molecule has 2 unspecified atom stereocenters. The molecule has 0 aromatic carbocycles. The van der Waals surface area contributed by atoms with Crippen molar-refractivity contribution in [3.05, 3.63) is 6.10 Å². The lowest BCUT2D eigenvalue weighted by Crippen LogP contribution is -2.17. The van der Waals surface area contributed by atoms with Gasteiger partial charge in [0.05, 0.1) is 18.8 Å². The number of aliphatic hydroxyl groups excluding tert-OH is 1. The van der Waals surface area contributed by atoms with Crippen LogP contribution in [0, 0.1) is 12.0 Å². The van der Waals surface area contributed by atoms with Crippen LogP contribution in [-0.4, -0.2) is 17.8 Å². The summed E-state index contributed by atoms with van der Waals surface area (Å²) >= 11 is 0. The summed E-state index contributed by atoms with van der Waals surface area (Å²) < 4.78 is 5.17. The zero-order valence-electron chi connectivity index (χ0n) is 6.05. The van der Waals surface area contributed by atoms with Crippen molar-refractivity contribution in [2.24, 2.45) is 5.92 Å². The molecule has 0 amide bonds. The Morgan fingerprint density at radius 1 is 1.50 bits per heavy atom. The summed E-state index contributed by atoms with van der Waals surface area (Å²) in [7, 11) is 0. The van der Waals surface area contributed by atoms with Crippen molar-refractivity contribution in [3.63, 3.8) is 0 Å². The van der Waals surface area contributed by atoms with Crippen molar-refractivity contribution in [1.82, 2.24) is 0 Å². The molecular weight excluding hydrogens is 128 g/mol. The Balaban J connectivity index is 1.84. The fourth-order valence-corrected chi connectivity index (χ4v) is 1.72. The van der Waals surface area contributed by atoms with E-state index < -0.39 is 0 Å².